The zero-order chi connectivity index (χ0) is 33.6. The van der Waals surface area contributed by atoms with Crippen LogP contribution in [0.5, 0.6) is 0 Å². The van der Waals surface area contributed by atoms with Crippen LogP contribution >= 0.6 is 0 Å². The Hall–Kier alpha value is -0.450. The van der Waals surface area contributed by atoms with E-state index in [0.29, 0.717) is 36.0 Å². The van der Waals surface area contributed by atoms with Gasteiger partial charge in [0, 0.05) is 0 Å². The van der Waals surface area contributed by atoms with Gasteiger partial charge in [-0.2, -0.15) is 0 Å². The van der Waals surface area contributed by atoms with Crippen LogP contribution in [0.4, 0.5) is 0 Å². The van der Waals surface area contributed by atoms with Gasteiger partial charge in [0.2, 0.25) is 0 Å². The Morgan fingerprint density at radius 1 is 0.511 bits per heavy atom. The molecule has 4 rings (SSSR count). The van der Waals surface area contributed by atoms with E-state index in [-0.39, 0.29) is 53.3 Å². The third-order valence-corrected chi connectivity index (χ3v) is 16.4. The summed E-state index contributed by atoms with van der Waals surface area (Å²) in [5, 5.41) is 0. The van der Waals surface area contributed by atoms with Gasteiger partial charge in [0.15, 0.2) is 33.2 Å². The molecule has 12 unspecified atom stereocenters. The van der Waals surface area contributed by atoms with Crippen molar-refractivity contribution in [2.45, 2.75) is 134 Å². The van der Waals surface area contributed by atoms with Gasteiger partial charge in [0.1, 0.15) is 0 Å². The van der Waals surface area contributed by atoms with E-state index in [4.69, 9.17) is 0 Å². The van der Waals surface area contributed by atoms with Crippen LogP contribution in [0.2, 0.25) is 0 Å². The molecule has 0 aromatic heterocycles. The SMILES string of the molecule is CC1CCC(C(C)C)C(c2cc(C3(S(=O)O)CC(C)CCC3C(C)C)cc(C3(S(=O)O)CC(C)CCC3C(C)C)c2)(S(=O)O)C1. The second-order valence-electron chi connectivity index (χ2n) is 16.4. The molecule has 45 heavy (non-hydrogen) atoms. The summed E-state index contributed by atoms with van der Waals surface area (Å²) in [7, 11) is 0. The first kappa shape index (κ1) is 37.4. The zero-order valence-corrected chi connectivity index (χ0v) is 31.5. The fourth-order valence-electron chi connectivity index (χ4n) is 10.3. The summed E-state index contributed by atoms with van der Waals surface area (Å²) < 4.78 is 72.5. The normalized spacial score (nSPS) is 40.1. The molecule has 6 nitrogen and oxygen atoms in total. The summed E-state index contributed by atoms with van der Waals surface area (Å²) in [6, 6.07) is 5.99. The second-order valence-corrected chi connectivity index (χ2v) is 20.1. The van der Waals surface area contributed by atoms with E-state index >= 15 is 0 Å². The van der Waals surface area contributed by atoms with Crippen molar-refractivity contribution >= 4 is 33.2 Å². The summed E-state index contributed by atoms with van der Waals surface area (Å²) in [6.45, 7) is 19.2. The van der Waals surface area contributed by atoms with Crippen LogP contribution in [-0.2, 0) is 47.5 Å². The van der Waals surface area contributed by atoms with Crippen molar-refractivity contribution < 1.29 is 26.3 Å². The van der Waals surface area contributed by atoms with Gasteiger partial charge in [0.25, 0.3) is 0 Å². The fraction of sp³-hybridized carbons (Fsp3) is 0.833. The monoisotopic (exact) mass is 684 g/mol. The van der Waals surface area contributed by atoms with Crippen LogP contribution in [0.25, 0.3) is 0 Å². The topological polar surface area (TPSA) is 112 Å². The van der Waals surface area contributed by atoms with Crippen molar-refractivity contribution in [3.05, 3.63) is 34.9 Å². The van der Waals surface area contributed by atoms with E-state index in [2.05, 4.69) is 62.3 Å². The lowest BCUT2D eigenvalue weighted by atomic mass is 9.62. The first-order valence-electron chi connectivity index (χ1n) is 17.4. The zero-order valence-electron chi connectivity index (χ0n) is 29.1. The molecule has 0 saturated heterocycles. The average Bonchev–Trinajstić information content (AvgIpc) is 2.95. The van der Waals surface area contributed by atoms with Crippen LogP contribution in [0.1, 0.15) is 137 Å². The predicted molar refractivity (Wildman–Crippen MR) is 188 cm³/mol. The minimum Gasteiger partial charge on any atom is -0.305 e. The van der Waals surface area contributed by atoms with Crippen LogP contribution in [0.15, 0.2) is 18.2 Å². The molecule has 12 atom stereocenters. The molecule has 0 amide bonds. The molecule has 3 aliphatic rings. The van der Waals surface area contributed by atoms with E-state index < -0.39 is 47.5 Å². The molecule has 0 bridgehead atoms. The summed E-state index contributed by atoms with van der Waals surface area (Å²) >= 11 is -6.70. The van der Waals surface area contributed by atoms with Gasteiger partial charge in [-0.25, -0.2) is 12.6 Å². The van der Waals surface area contributed by atoms with Crippen molar-refractivity contribution in [3.8, 4) is 0 Å². The molecule has 0 heterocycles. The summed E-state index contributed by atoms with van der Waals surface area (Å²) in [6.07, 6.45) is 6.96. The highest BCUT2D eigenvalue weighted by atomic mass is 32.2. The third kappa shape index (κ3) is 6.50. The van der Waals surface area contributed by atoms with Crippen LogP contribution in [-0.4, -0.2) is 26.3 Å². The Balaban J connectivity index is 2.18. The van der Waals surface area contributed by atoms with Crippen molar-refractivity contribution in [2.75, 3.05) is 0 Å². The molecule has 3 saturated carbocycles. The molecule has 0 spiro atoms. The molecule has 9 heteroatoms. The maximum atomic E-state index is 13.9. The van der Waals surface area contributed by atoms with Gasteiger partial charge in [0.05, 0.1) is 14.2 Å². The number of hydrogen-bond acceptors (Lipinski definition) is 3. The van der Waals surface area contributed by atoms with Gasteiger partial charge < -0.3 is 13.7 Å². The Kier molecular flexibility index (Phi) is 11.8. The van der Waals surface area contributed by atoms with Gasteiger partial charge in [-0.15, -0.1) is 0 Å². The van der Waals surface area contributed by atoms with Crippen molar-refractivity contribution in [2.24, 2.45) is 53.3 Å². The maximum absolute atomic E-state index is 13.9. The average molecular weight is 685 g/mol. The Morgan fingerprint density at radius 3 is 0.911 bits per heavy atom. The van der Waals surface area contributed by atoms with Gasteiger partial charge in [-0.05, 0) is 108 Å². The quantitative estimate of drug-likeness (QED) is 0.224. The van der Waals surface area contributed by atoms with E-state index in [0.717, 1.165) is 38.5 Å². The Morgan fingerprint density at radius 2 is 0.733 bits per heavy atom. The van der Waals surface area contributed by atoms with Crippen LogP contribution in [0, 0.1) is 53.3 Å². The molecule has 1 aromatic rings. The maximum Gasteiger partial charge on any atom is 0.164 e. The number of benzene rings is 1. The highest BCUT2D eigenvalue weighted by Gasteiger charge is 2.56. The highest BCUT2D eigenvalue weighted by molar-refractivity contribution is 7.80. The first-order chi connectivity index (χ1) is 20.9. The molecule has 0 aliphatic heterocycles. The fourth-order valence-corrected chi connectivity index (χ4v) is 14.5. The number of rotatable bonds is 9. The Labute approximate surface area is 280 Å². The molecule has 258 valence electrons. The summed E-state index contributed by atoms with van der Waals surface area (Å²) in [5.41, 5.74) is 2.12. The lowest BCUT2D eigenvalue weighted by Gasteiger charge is -2.50. The number of hydrogen-bond donors (Lipinski definition) is 3. The van der Waals surface area contributed by atoms with Gasteiger partial charge in [-0.1, -0.05) is 99.8 Å². The van der Waals surface area contributed by atoms with Crippen molar-refractivity contribution in [1.29, 1.82) is 0 Å². The van der Waals surface area contributed by atoms with Crippen LogP contribution < -0.4 is 0 Å². The second kappa shape index (κ2) is 14.2. The molecule has 1 aromatic carbocycles. The van der Waals surface area contributed by atoms with Crippen molar-refractivity contribution in [3.63, 3.8) is 0 Å². The molecule has 3 aliphatic carbocycles. The molecule has 3 fully saturated rings. The molecule has 3 N–H and O–H groups in total. The van der Waals surface area contributed by atoms with E-state index in [1.165, 1.54) is 0 Å². The molecule has 0 radical (unpaired) electrons. The van der Waals surface area contributed by atoms with E-state index in [1.807, 2.05) is 18.2 Å². The smallest absolute Gasteiger partial charge is 0.164 e. The molecular weight excluding hydrogens is 625 g/mol. The largest absolute Gasteiger partial charge is 0.305 e. The van der Waals surface area contributed by atoms with Gasteiger partial charge >= 0.3 is 0 Å². The molecular formula is C36H60O6S3. The minimum absolute atomic E-state index is 0.0777. The standard InChI is InChI=1S/C36H60O6S3/c1-22(2)31-13-10-25(7)19-34(31,43(37)38)28-16-29(35(44(39)40)20-26(8)11-14-32(35)23(3)4)18-30(17-28)36(45(41)42)21-27(9)12-15-33(36)24(5)6/h16-18,22-27,31-33H,10-15,19-21H2,1-9H3,(H,37,38)(H,39,40)(H,41,42). The highest BCUT2D eigenvalue weighted by Crippen LogP contribution is 2.58. The van der Waals surface area contributed by atoms with Gasteiger partial charge in [-0.3, -0.25) is 0 Å². The summed E-state index contributed by atoms with van der Waals surface area (Å²) in [5.74, 6) is 0.851. The first-order valence-corrected chi connectivity index (χ1v) is 20.8. The van der Waals surface area contributed by atoms with Crippen molar-refractivity contribution in [1.82, 2.24) is 0 Å². The minimum atomic E-state index is -2.23. The third-order valence-electron chi connectivity index (χ3n) is 12.4. The van der Waals surface area contributed by atoms with E-state index in [9.17, 15) is 26.3 Å². The lowest BCUT2D eigenvalue weighted by Crippen LogP contribution is -2.50. The summed E-state index contributed by atoms with van der Waals surface area (Å²) in [4.78, 5) is 0. The van der Waals surface area contributed by atoms with E-state index in [1.54, 1.807) is 0 Å². The Bertz CT molecular complexity index is 1120. The van der Waals surface area contributed by atoms with Crippen LogP contribution in [0.3, 0.4) is 0 Å². The predicted octanol–water partition coefficient (Wildman–Crippen LogP) is 9.21. The lowest BCUT2D eigenvalue weighted by molar-refractivity contribution is 0.152.